The van der Waals surface area contributed by atoms with Gasteiger partial charge in [0.05, 0.1) is 6.10 Å². The van der Waals surface area contributed by atoms with E-state index in [4.69, 9.17) is 0 Å². The van der Waals surface area contributed by atoms with Crippen LogP contribution in [0.4, 0.5) is 4.39 Å². The van der Waals surface area contributed by atoms with Crippen LogP contribution in [-0.2, 0) is 10.0 Å². The van der Waals surface area contributed by atoms with Crippen LogP contribution in [-0.4, -0.2) is 26.2 Å². The maximum atomic E-state index is 13.5. The highest BCUT2D eigenvalue weighted by molar-refractivity contribution is 7.89. The summed E-state index contributed by atoms with van der Waals surface area (Å²) in [4.78, 5) is -0.392. The highest BCUT2D eigenvalue weighted by Crippen LogP contribution is 2.15. The summed E-state index contributed by atoms with van der Waals surface area (Å²) in [5, 5.41) is 9.45. The van der Waals surface area contributed by atoms with Gasteiger partial charge in [-0.05, 0) is 31.0 Å². The number of halogens is 1. The number of aryl methyl sites for hydroxylation is 1. The second-order valence-electron chi connectivity index (χ2n) is 4.23. The first-order valence-electron chi connectivity index (χ1n) is 5.80. The molecule has 0 aromatic heterocycles. The molecule has 0 saturated heterocycles. The molecule has 2 N–H and O–H groups in total. The van der Waals surface area contributed by atoms with Crippen LogP contribution < -0.4 is 4.72 Å². The zero-order valence-electron chi connectivity index (χ0n) is 10.5. The van der Waals surface area contributed by atoms with Crippen molar-refractivity contribution in [1.29, 1.82) is 0 Å². The Bertz CT molecular complexity index is 502. The molecular weight excluding hydrogens is 257 g/mol. The van der Waals surface area contributed by atoms with Gasteiger partial charge >= 0.3 is 0 Å². The fourth-order valence-corrected chi connectivity index (χ4v) is 2.67. The summed E-state index contributed by atoms with van der Waals surface area (Å²) in [7, 11) is -3.91. The van der Waals surface area contributed by atoms with Crippen molar-refractivity contribution in [3.8, 4) is 0 Å². The molecule has 0 heterocycles. The highest BCUT2D eigenvalue weighted by atomic mass is 32.2. The van der Waals surface area contributed by atoms with E-state index in [1.807, 2.05) is 6.92 Å². The first-order valence-corrected chi connectivity index (χ1v) is 7.29. The van der Waals surface area contributed by atoms with Gasteiger partial charge in [-0.1, -0.05) is 19.4 Å². The van der Waals surface area contributed by atoms with Gasteiger partial charge in [0.15, 0.2) is 0 Å². The summed E-state index contributed by atoms with van der Waals surface area (Å²) in [6, 6.07) is 3.91. The molecule has 0 bridgehead atoms. The molecule has 102 valence electrons. The van der Waals surface area contributed by atoms with E-state index in [1.165, 1.54) is 12.1 Å². The van der Waals surface area contributed by atoms with Crippen LogP contribution in [0.15, 0.2) is 23.1 Å². The smallest absolute Gasteiger partial charge is 0.243 e. The van der Waals surface area contributed by atoms with Crippen molar-refractivity contribution < 1.29 is 17.9 Å². The summed E-state index contributed by atoms with van der Waals surface area (Å²) in [6.45, 7) is 3.46. The SMILES string of the molecule is CCC[C@@H](O)CNS(=O)(=O)c1ccc(C)cc1F. The molecular formula is C12H18FNO3S. The standard InChI is InChI=1S/C12H18FNO3S/c1-3-4-10(15)8-14-18(16,17)12-6-5-9(2)7-11(12)13/h5-7,10,14-15H,3-4,8H2,1-2H3/t10-/m1/s1. The molecule has 0 unspecified atom stereocenters. The van der Waals surface area contributed by atoms with Crippen molar-refractivity contribution in [2.45, 2.75) is 37.7 Å². The molecule has 0 radical (unpaired) electrons. The predicted octanol–water partition coefficient (Wildman–Crippen LogP) is 1.57. The maximum absolute atomic E-state index is 13.5. The summed E-state index contributed by atoms with van der Waals surface area (Å²) in [5.74, 6) is -0.785. The molecule has 1 aromatic carbocycles. The van der Waals surface area contributed by atoms with Gasteiger partial charge in [0.25, 0.3) is 0 Å². The van der Waals surface area contributed by atoms with Gasteiger partial charge in [-0.15, -0.1) is 0 Å². The fraction of sp³-hybridized carbons (Fsp3) is 0.500. The minimum absolute atomic E-state index is 0.108. The largest absolute Gasteiger partial charge is 0.392 e. The molecule has 1 atom stereocenters. The molecule has 0 saturated carbocycles. The van der Waals surface area contributed by atoms with E-state index in [-0.39, 0.29) is 6.54 Å². The topological polar surface area (TPSA) is 66.4 Å². The van der Waals surface area contributed by atoms with Gasteiger partial charge in [-0.25, -0.2) is 17.5 Å². The fourth-order valence-electron chi connectivity index (χ4n) is 1.54. The van der Waals surface area contributed by atoms with Crippen molar-refractivity contribution in [2.75, 3.05) is 6.54 Å². The van der Waals surface area contributed by atoms with E-state index in [0.717, 1.165) is 12.5 Å². The number of nitrogens with one attached hydrogen (secondary N) is 1. The Morgan fingerprint density at radius 1 is 1.44 bits per heavy atom. The molecule has 1 aromatic rings. The van der Waals surface area contributed by atoms with Crippen LogP contribution >= 0.6 is 0 Å². The Morgan fingerprint density at radius 2 is 2.11 bits per heavy atom. The second kappa shape index (κ2) is 6.26. The van der Waals surface area contributed by atoms with Crippen molar-refractivity contribution in [2.24, 2.45) is 0 Å². The summed E-state index contributed by atoms with van der Waals surface area (Å²) in [5.41, 5.74) is 0.650. The number of aliphatic hydroxyl groups excluding tert-OH is 1. The molecule has 4 nitrogen and oxygen atoms in total. The second-order valence-corrected chi connectivity index (χ2v) is 5.96. The van der Waals surface area contributed by atoms with Crippen LogP contribution in [0.3, 0.4) is 0 Å². The molecule has 0 aliphatic carbocycles. The average Bonchev–Trinajstić information content (AvgIpc) is 2.26. The van der Waals surface area contributed by atoms with Crippen molar-refractivity contribution in [1.82, 2.24) is 4.72 Å². The molecule has 0 spiro atoms. The maximum Gasteiger partial charge on any atom is 0.243 e. The third kappa shape index (κ3) is 4.04. The number of aliphatic hydroxyl groups is 1. The number of sulfonamides is 1. The Kier molecular flexibility index (Phi) is 5.25. The van der Waals surface area contributed by atoms with Gasteiger partial charge < -0.3 is 5.11 Å². The Hall–Kier alpha value is -0.980. The molecule has 1 rings (SSSR count). The van der Waals surface area contributed by atoms with E-state index < -0.39 is 26.8 Å². The first kappa shape index (κ1) is 15.1. The highest BCUT2D eigenvalue weighted by Gasteiger charge is 2.19. The lowest BCUT2D eigenvalue weighted by molar-refractivity contribution is 0.167. The first-order chi connectivity index (χ1) is 8.36. The number of hydrogen-bond acceptors (Lipinski definition) is 3. The van der Waals surface area contributed by atoms with E-state index >= 15 is 0 Å². The Balaban J connectivity index is 2.80. The number of rotatable bonds is 6. The zero-order chi connectivity index (χ0) is 13.8. The van der Waals surface area contributed by atoms with E-state index in [9.17, 15) is 17.9 Å². The monoisotopic (exact) mass is 275 g/mol. The van der Waals surface area contributed by atoms with Gasteiger partial charge in [0.2, 0.25) is 10.0 Å². The lowest BCUT2D eigenvalue weighted by atomic mass is 10.2. The zero-order valence-corrected chi connectivity index (χ0v) is 11.3. The number of hydrogen-bond donors (Lipinski definition) is 2. The third-order valence-corrected chi connectivity index (χ3v) is 3.96. The lowest BCUT2D eigenvalue weighted by Crippen LogP contribution is -2.32. The van der Waals surface area contributed by atoms with E-state index in [1.54, 1.807) is 6.92 Å². The summed E-state index contributed by atoms with van der Waals surface area (Å²) in [6.07, 6.45) is 0.499. The lowest BCUT2D eigenvalue weighted by Gasteiger charge is -2.12. The van der Waals surface area contributed by atoms with Gasteiger partial charge in [0, 0.05) is 6.54 Å². The van der Waals surface area contributed by atoms with Crippen LogP contribution in [0.5, 0.6) is 0 Å². The average molecular weight is 275 g/mol. The number of benzene rings is 1. The minimum atomic E-state index is -3.91. The Labute approximate surface area is 107 Å². The quantitative estimate of drug-likeness (QED) is 0.828. The van der Waals surface area contributed by atoms with E-state index in [2.05, 4.69) is 4.72 Å². The van der Waals surface area contributed by atoms with Crippen molar-refractivity contribution in [3.05, 3.63) is 29.6 Å². The van der Waals surface area contributed by atoms with Crippen LogP contribution in [0.2, 0.25) is 0 Å². The molecule has 0 aliphatic rings. The van der Waals surface area contributed by atoms with Gasteiger partial charge in [-0.2, -0.15) is 0 Å². The van der Waals surface area contributed by atoms with Gasteiger partial charge in [0.1, 0.15) is 10.7 Å². The van der Waals surface area contributed by atoms with Crippen molar-refractivity contribution in [3.63, 3.8) is 0 Å². The summed E-state index contributed by atoms with van der Waals surface area (Å²) < 4.78 is 39.4. The molecule has 0 amide bonds. The Morgan fingerprint density at radius 3 is 2.67 bits per heavy atom. The summed E-state index contributed by atoms with van der Waals surface area (Å²) >= 11 is 0. The van der Waals surface area contributed by atoms with E-state index in [0.29, 0.717) is 12.0 Å². The third-order valence-electron chi connectivity index (χ3n) is 2.51. The van der Waals surface area contributed by atoms with Crippen LogP contribution in [0.25, 0.3) is 0 Å². The molecule has 0 aliphatic heterocycles. The van der Waals surface area contributed by atoms with Crippen LogP contribution in [0.1, 0.15) is 25.3 Å². The predicted molar refractivity (Wildman–Crippen MR) is 67.2 cm³/mol. The molecule has 18 heavy (non-hydrogen) atoms. The minimum Gasteiger partial charge on any atom is -0.392 e. The van der Waals surface area contributed by atoms with Crippen LogP contribution in [0, 0.1) is 12.7 Å². The van der Waals surface area contributed by atoms with Gasteiger partial charge in [-0.3, -0.25) is 0 Å². The normalized spacial score (nSPS) is 13.6. The van der Waals surface area contributed by atoms with Crippen molar-refractivity contribution >= 4 is 10.0 Å². The molecule has 0 fully saturated rings. The molecule has 6 heteroatoms.